The van der Waals surface area contributed by atoms with E-state index in [1.54, 1.807) is 0 Å². The smallest absolute Gasteiger partial charge is 0.320 e. The Labute approximate surface area is 114 Å². The molecule has 0 saturated carbocycles. The third-order valence-corrected chi connectivity index (χ3v) is 2.38. The minimum absolute atomic E-state index is 0.278. The molecule has 19 heavy (non-hydrogen) atoms. The molecule has 7 nitrogen and oxygen atoms in total. The van der Waals surface area contributed by atoms with Crippen LogP contribution in [0.2, 0.25) is 0 Å². The van der Waals surface area contributed by atoms with Crippen LogP contribution in [0.15, 0.2) is 0 Å². The maximum absolute atomic E-state index is 10.1. The molecule has 8 N–H and O–H groups in total. The Kier molecular flexibility index (Phi) is 15.8. The molecule has 0 rings (SSSR count). The fourth-order valence-electron chi connectivity index (χ4n) is 1.23. The van der Waals surface area contributed by atoms with Crippen molar-refractivity contribution in [1.82, 2.24) is 0 Å². The molecule has 0 fully saturated rings. The topological polar surface area (TPSA) is 153 Å². The number of aliphatic carboxylic acids is 2. The van der Waals surface area contributed by atoms with Crippen LogP contribution in [0.25, 0.3) is 0 Å². The zero-order valence-electron chi connectivity index (χ0n) is 11.4. The number of hydrogen-bond acceptors (Lipinski definition) is 5. The zero-order chi connectivity index (χ0) is 15.1. The van der Waals surface area contributed by atoms with E-state index < -0.39 is 18.0 Å². The Morgan fingerprint density at radius 1 is 0.895 bits per heavy atom. The standard InChI is InChI=1S/C6H14N2O2.C6H13NO2/c7-4-2-1-3-5(8)6(9)10;7-5-3-1-2-4-6(8)9/h5H,1-4,7-8H2,(H,9,10);1-5,7H2,(H,8,9)/t5-;/m0./s1. The number of hydrogen-bond donors (Lipinski definition) is 5. The molecular weight excluding hydrogens is 250 g/mol. The summed E-state index contributed by atoms with van der Waals surface area (Å²) in [4.78, 5) is 20.1. The van der Waals surface area contributed by atoms with Crippen LogP contribution in [-0.4, -0.2) is 41.3 Å². The van der Waals surface area contributed by atoms with Crippen LogP contribution < -0.4 is 17.2 Å². The summed E-state index contributed by atoms with van der Waals surface area (Å²) in [7, 11) is 0. The van der Waals surface area contributed by atoms with Crippen LogP contribution in [0.4, 0.5) is 0 Å². The van der Waals surface area contributed by atoms with Gasteiger partial charge in [0.15, 0.2) is 0 Å². The fourth-order valence-corrected chi connectivity index (χ4v) is 1.23. The highest BCUT2D eigenvalue weighted by Crippen LogP contribution is 1.97. The Morgan fingerprint density at radius 2 is 1.42 bits per heavy atom. The molecule has 114 valence electrons. The fraction of sp³-hybridized carbons (Fsp3) is 0.833. The highest BCUT2D eigenvalue weighted by molar-refractivity contribution is 5.72. The summed E-state index contributed by atoms with van der Waals surface area (Å²) in [5.41, 5.74) is 15.6. The SMILES string of the molecule is NCCCCCC(=O)O.NCCCC[C@H](N)C(=O)O. The quantitative estimate of drug-likeness (QED) is 0.355. The van der Waals surface area contributed by atoms with Crippen LogP contribution in [0.5, 0.6) is 0 Å². The lowest BCUT2D eigenvalue weighted by Crippen LogP contribution is -2.29. The average molecular weight is 277 g/mol. The maximum atomic E-state index is 10.1. The van der Waals surface area contributed by atoms with Crippen LogP contribution >= 0.6 is 0 Å². The second-order valence-corrected chi connectivity index (χ2v) is 4.22. The molecule has 0 saturated heterocycles. The van der Waals surface area contributed by atoms with Crippen molar-refractivity contribution in [3.63, 3.8) is 0 Å². The first-order valence-corrected chi connectivity index (χ1v) is 6.56. The van der Waals surface area contributed by atoms with Crippen molar-refractivity contribution < 1.29 is 19.8 Å². The molecule has 1 atom stereocenters. The number of rotatable bonds is 10. The molecule has 0 spiro atoms. The normalized spacial score (nSPS) is 11.3. The zero-order valence-corrected chi connectivity index (χ0v) is 11.4. The monoisotopic (exact) mass is 277 g/mol. The van der Waals surface area contributed by atoms with Gasteiger partial charge in [0.1, 0.15) is 6.04 Å². The molecule has 0 aromatic rings. The van der Waals surface area contributed by atoms with E-state index >= 15 is 0 Å². The van der Waals surface area contributed by atoms with E-state index in [1.165, 1.54) is 0 Å². The summed E-state index contributed by atoms with van der Waals surface area (Å²) in [6.07, 6.45) is 5.07. The first-order valence-electron chi connectivity index (χ1n) is 6.56. The first kappa shape index (κ1) is 20.1. The molecule has 0 aromatic carbocycles. The molecule has 0 bridgehead atoms. The number of unbranched alkanes of at least 4 members (excludes halogenated alkanes) is 3. The van der Waals surface area contributed by atoms with Crippen molar-refractivity contribution in [1.29, 1.82) is 0 Å². The van der Waals surface area contributed by atoms with E-state index in [9.17, 15) is 9.59 Å². The number of carbonyl (C=O) groups is 2. The van der Waals surface area contributed by atoms with Gasteiger partial charge in [-0.2, -0.15) is 0 Å². The number of carboxylic acids is 2. The van der Waals surface area contributed by atoms with Crippen molar-refractivity contribution in [2.45, 2.75) is 51.0 Å². The van der Waals surface area contributed by atoms with E-state index in [0.717, 1.165) is 32.1 Å². The summed E-state index contributed by atoms with van der Waals surface area (Å²) in [5, 5.41) is 16.5. The van der Waals surface area contributed by atoms with Crippen molar-refractivity contribution in [2.75, 3.05) is 13.1 Å². The van der Waals surface area contributed by atoms with E-state index in [0.29, 0.717) is 19.5 Å². The molecule has 0 unspecified atom stereocenters. The minimum atomic E-state index is -0.933. The van der Waals surface area contributed by atoms with Gasteiger partial charge in [-0.1, -0.05) is 12.8 Å². The third-order valence-electron chi connectivity index (χ3n) is 2.38. The Balaban J connectivity index is 0. The largest absolute Gasteiger partial charge is 0.481 e. The minimum Gasteiger partial charge on any atom is -0.481 e. The molecule has 0 aliphatic carbocycles. The van der Waals surface area contributed by atoms with Crippen LogP contribution in [0.1, 0.15) is 44.9 Å². The van der Waals surface area contributed by atoms with Gasteiger partial charge < -0.3 is 27.4 Å². The average Bonchev–Trinajstić information content (AvgIpc) is 2.35. The van der Waals surface area contributed by atoms with E-state index in [1.807, 2.05) is 0 Å². The molecule has 0 aliphatic rings. The van der Waals surface area contributed by atoms with Gasteiger partial charge in [-0.25, -0.2) is 0 Å². The van der Waals surface area contributed by atoms with Crippen LogP contribution in [0, 0.1) is 0 Å². The second kappa shape index (κ2) is 14.9. The Hall–Kier alpha value is -1.18. The number of nitrogens with two attached hydrogens (primary N) is 3. The van der Waals surface area contributed by atoms with Gasteiger partial charge in [0.05, 0.1) is 0 Å². The lowest BCUT2D eigenvalue weighted by molar-refractivity contribution is -0.139. The van der Waals surface area contributed by atoms with Crippen LogP contribution in [0.3, 0.4) is 0 Å². The molecular formula is C12H27N3O4. The summed E-state index contributed by atoms with van der Waals surface area (Å²) >= 11 is 0. The van der Waals surface area contributed by atoms with Gasteiger partial charge in [-0.05, 0) is 38.8 Å². The van der Waals surface area contributed by atoms with Gasteiger partial charge in [0.2, 0.25) is 0 Å². The number of carboxylic acid groups (broad SMARTS) is 2. The summed E-state index contributed by atoms with van der Waals surface area (Å²) in [6.45, 7) is 1.27. The predicted octanol–water partition coefficient (Wildman–Crippen LogP) is 0.117. The van der Waals surface area contributed by atoms with Gasteiger partial charge in [0, 0.05) is 6.42 Å². The summed E-state index contributed by atoms with van der Waals surface area (Å²) < 4.78 is 0. The first-order chi connectivity index (χ1) is 8.95. The molecule has 7 heteroatoms. The van der Waals surface area contributed by atoms with Crippen molar-refractivity contribution >= 4 is 11.9 Å². The van der Waals surface area contributed by atoms with Gasteiger partial charge in [-0.3, -0.25) is 9.59 Å². The van der Waals surface area contributed by atoms with Crippen molar-refractivity contribution in [3.05, 3.63) is 0 Å². The summed E-state index contributed by atoms with van der Waals surface area (Å²) in [6, 6.07) is -0.716. The highest BCUT2D eigenvalue weighted by atomic mass is 16.4. The predicted molar refractivity (Wildman–Crippen MR) is 73.7 cm³/mol. The highest BCUT2D eigenvalue weighted by Gasteiger charge is 2.09. The Bertz CT molecular complexity index is 237. The third kappa shape index (κ3) is 19.3. The van der Waals surface area contributed by atoms with E-state index in [4.69, 9.17) is 27.4 Å². The van der Waals surface area contributed by atoms with Crippen LogP contribution in [-0.2, 0) is 9.59 Å². The van der Waals surface area contributed by atoms with Gasteiger partial charge in [-0.15, -0.1) is 0 Å². The van der Waals surface area contributed by atoms with E-state index in [2.05, 4.69) is 0 Å². The maximum Gasteiger partial charge on any atom is 0.320 e. The molecule has 0 amide bonds. The lowest BCUT2D eigenvalue weighted by atomic mass is 10.1. The lowest BCUT2D eigenvalue weighted by Gasteiger charge is -2.03. The van der Waals surface area contributed by atoms with Crippen molar-refractivity contribution in [3.8, 4) is 0 Å². The van der Waals surface area contributed by atoms with E-state index in [-0.39, 0.29) is 6.42 Å². The molecule has 0 heterocycles. The van der Waals surface area contributed by atoms with Gasteiger partial charge >= 0.3 is 11.9 Å². The van der Waals surface area contributed by atoms with Gasteiger partial charge in [0.25, 0.3) is 0 Å². The Morgan fingerprint density at radius 3 is 1.84 bits per heavy atom. The molecule has 0 aliphatic heterocycles. The molecule has 0 radical (unpaired) electrons. The second-order valence-electron chi connectivity index (χ2n) is 4.22. The summed E-state index contributed by atoms with van der Waals surface area (Å²) in [5.74, 6) is -1.65. The molecule has 0 aromatic heterocycles. The van der Waals surface area contributed by atoms with Crippen molar-refractivity contribution in [2.24, 2.45) is 17.2 Å².